The van der Waals surface area contributed by atoms with Crippen molar-refractivity contribution >= 4 is 7.82 Å². The van der Waals surface area contributed by atoms with Gasteiger partial charge in [-0.3, -0.25) is 9.42 Å². The largest absolute Gasteiger partial charge is 0.527 e. The van der Waals surface area contributed by atoms with Gasteiger partial charge in [0.05, 0.1) is 0 Å². The van der Waals surface area contributed by atoms with Crippen LogP contribution < -0.4 is 4.52 Å². The minimum Gasteiger partial charge on any atom is -0.404 e. The molecule has 5 heteroatoms. The first kappa shape index (κ1) is 13.2. The topological polar surface area (TPSA) is 55.8 Å². The van der Waals surface area contributed by atoms with E-state index in [0.29, 0.717) is 5.75 Å². The molecule has 1 N–H and O–H groups in total. The summed E-state index contributed by atoms with van der Waals surface area (Å²) in [5, 5.41) is 0. The number of rotatable bonds is 6. The second-order valence-corrected chi connectivity index (χ2v) is 4.97. The fraction of sp³-hybridized carbons (Fsp3) is 0.455. The van der Waals surface area contributed by atoms with Crippen LogP contribution in [0.2, 0.25) is 0 Å². The fourth-order valence-corrected chi connectivity index (χ4v) is 1.73. The molecule has 0 aliphatic heterocycles. The normalized spacial score (nSPS) is 14.4. The highest BCUT2D eigenvalue weighted by molar-refractivity contribution is 7.47. The Morgan fingerprint density at radius 1 is 1.31 bits per heavy atom. The highest BCUT2D eigenvalue weighted by Gasteiger charge is 2.19. The lowest BCUT2D eigenvalue weighted by Gasteiger charge is -2.10. The van der Waals surface area contributed by atoms with Crippen LogP contribution in [0, 0.1) is 0 Å². The van der Waals surface area contributed by atoms with Crippen molar-refractivity contribution in [3.05, 3.63) is 29.8 Å². The van der Waals surface area contributed by atoms with Crippen molar-refractivity contribution < 1.29 is 18.5 Å². The Labute approximate surface area is 95.8 Å². The summed E-state index contributed by atoms with van der Waals surface area (Å²) in [7, 11) is -2.80. The molecule has 0 saturated carbocycles. The summed E-state index contributed by atoms with van der Waals surface area (Å²) in [6, 6.07) is 7.13. The van der Waals surface area contributed by atoms with E-state index in [0.717, 1.165) is 26.4 Å². The van der Waals surface area contributed by atoms with Crippen LogP contribution in [0.5, 0.6) is 5.75 Å². The van der Waals surface area contributed by atoms with Gasteiger partial charge in [0.15, 0.2) is 0 Å². The molecular weight excluding hydrogens is 227 g/mol. The lowest BCUT2D eigenvalue weighted by Crippen LogP contribution is -1.94. The molecule has 0 fully saturated rings. The van der Waals surface area contributed by atoms with Crippen molar-refractivity contribution in [2.75, 3.05) is 7.11 Å². The van der Waals surface area contributed by atoms with Gasteiger partial charge in [0.1, 0.15) is 5.75 Å². The molecule has 1 unspecified atom stereocenters. The molecular formula is C11H17O4P. The van der Waals surface area contributed by atoms with Gasteiger partial charge in [-0.25, -0.2) is 4.57 Å². The minimum absolute atomic E-state index is 0.341. The Balaban J connectivity index is 2.61. The molecule has 0 aliphatic rings. The first-order valence-electron chi connectivity index (χ1n) is 5.24. The number of hydrogen-bond acceptors (Lipinski definition) is 3. The van der Waals surface area contributed by atoms with Crippen molar-refractivity contribution in [1.82, 2.24) is 0 Å². The predicted molar refractivity (Wildman–Crippen MR) is 62.5 cm³/mol. The Hall–Kier alpha value is -0.830. The first-order chi connectivity index (χ1) is 7.57. The molecule has 1 aromatic carbocycles. The number of phosphoric ester groups is 1. The Bertz CT molecular complexity index is 361. The molecule has 0 spiro atoms. The van der Waals surface area contributed by atoms with Gasteiger partial charge < -0.3 is 4.52 Å². The van der Waals surface area contributed by atoms with Gasteiger partial charge in [-0.05, 0) is 30.5 Å². The Kier molecular flexibility index (Phi) is 5.00. The van der Waals surface area contributed by atoms with Gasteiger partial charge >= 0.3 is 7.82 Å². The van der Waals surface area contributed by atoms with Gasteiger partial charge in [-0.1, -0.05) is 25.5 Å². The Morgan fingerprint density at radius 3 is 2.44 bits per heavy atom. The van der Waals surface area contributed by atoms with E-state index in [9.17, 15) is 4.57 Å². The molecule has 0 aromatic heterocycles. The number of benzene rings is 1. The van der Waals surface area contributed by atoms with E-state index in [4.69, 9.17) is 9.42 Å². The van der Waals surface area contributed by atoms with Crippen molar-refractivity contribution in [2.45, 2.75) is 26.2 Å². The zero-order valence-electron chi connectivity index (χ0n) is 9.55. The van der Waals surface area contributed by atoms with E-state index in [1.165, 1.54) is 5.56 Å². The standard InChI is InChI=1S/C11H17O4P/c1-3-4-5-10-6-8-11(9-7-10)15-16(12,13)14-2/h6-9H,3-5H2,1-2H3,(H,12,13). The van der Waals surface area contributed by atoms with E-state index in [2.05, 4.69) is 11.4 Å². The summed E-state index contributed by atoms with van der Waals surface area (Å²) in [4.78, 5) is 9.10. The highest BCUT2D eigenvalue weighted by atomic mass is 31.2. The third-order valence-corrected chi connectivity index (χ3v) is 3.10. The van der Waals surface area contributed by atoms with Crippen LogP contribution in [-0.4, -0.2) is 12.0 Å². The predicted octanol–water partition coefficient (Wildman–Crippen LogP) is 3.15. The number of hydrogen-bond donors (Lipinski definition) is 1. The summed E-state index contributed by atoms with van der Waals surface area (Å²) < 4.78 is 20.2. The van der Waals surface area contributed by atoms with E-state index >= 15 is 0 Å². The minimum atomic E-state index is -3.93. The molecule has 1 rings (SSSR count). The van der Waals surface area contributed by atoms with Gasteiger partial charge in [-0.15, -0.1) is 0 Å². The molecule has 0 radical (unpaired) electrons. The summed E-state index contributed by atoms with van der Waals surface area (Å²) >= 11 is 0. The van der Waals surface area contributed by atoms with E-state index in [1.807, 2.05) is 12.1 Å². The van der Waals surface area contributed by atoms with E-state index in [1.54, 1.807) is 12.1 Å². The van der Waals surface area contributed by atoms with Gasteiger partial charge in [0.2, 0.25) is 0 Å². The average Bonchev–Trinajstić information content (AvgIpc) is 2.28. The van der Waals surface area contributed by atoms with Gasteiger partial charge in [0.25, 0.3) is 0 Å². The summed E-state index contributed by atoms with van der Waals surface area (Å²) in [5.74, 6) is 0.341. The molecule has 0 aliphatic carbocycles. The summed E-state index contributed by atoms with van der Waals surface area (Å²) in [6.45, 7) is 2.14. The molecule has 0 amide bonds. The lowest BCUT2D eigenvalue weighted by atomic mass is 10.1. The maximum absolute atomic E-state index is 11.1. The molecule has 0 saturated heterocycles. The van der Waals surface area contributed by atoms with Crippen molar-refractivity contribution in [1.29, 1.82) is 0 Å². The quantitative estimate of drug-likeness (QED) is 0.781. The third kappa shape index (κ3) is 4.35. The fourth-order valence-electron chi connectivity index (χ4n) is 1.27. The van der Waals surface area contributed by atoms with Crippen LogP contribution in [0.25, 0.3) is 0 Å². The maximum atomic E-state index is 11.1. The molecule has 16 heavy (non-hydrogen) atoms. The van der Waals surface area contributed by atoms with Crippen LogP contribution in [0.15, 0.2) is 24.3 Å². The SMILES string of the molecule is CCCCc1ccc(OP(=O)(O)OC)cc1. The van der Waals surface area contributed by atoms with Gasteiger partial charge in [0, 0.05) is 7.11 Å². The molecule has 0 bridgehead atoms. The maximum Gasteiger partial charge on any atom is 0.527 e. The van der Waals surface area contributed by atoms with Gasteiger partial charge in [-0.2, -0.15) is 0 Å². The number of unbranched alkanes of at least 4 members (excludes halogenated alkanes) is 1. The molecule has 4 nitrogen and oxygen atoms in total. The monoisotopic (exact) mass is 244 g/mol. The zero-order chi connectivity index (χ0) is 12.0. The molecule has 90 valence electrons. The van der Waals surface area contributed by atoms with Crippen LogP contribution in [0.4, 0.5) is 0 Å². The van der Waals surface area contributed by atoms with E-state index < -0.39 is 7.82 Å². The van der Waals surface area contributed by atoms with Crippen molar-refractivity contribution in [3.8, 4) is 5.75 Å². The molecule has 1 aromatic rings. The summed E-state index contributed by atoms with van der Waals surface area (Å²) in [5.41, 5.74) is 1.19. The zero-order valence-corrected chi connectivity index (χ0v) is 10.4. The van der Waals surface area contributed by atoms with Crippen LogP contribution >= 0.6 is 7.82 Å². The third-order valence-electron chi connectivity index (χ3n) is 2.19. The number of aryl methyl sites for hydroxylation is 1. The smallest absolute Gasteiger partial charge is 0.404 e. The molecule has 1 atom stereocenters. The Morgan fingerprint density at radius 2 is 1.94 bits per heavy atom. The second-order valence-electron chi connectivity index (χ2n) is 3.49. The van der Waals surface area contributed by atoms with E-state index in [-0.39, 0.29) is 0 Å². The first-order valence-corrected chi connectivity index (χ1v) is 6.74. The van der Waals surface area contributed by atoms with Crippen molar-refractivity contribution in [2.24, 2.45) is 0 Å². The highest BCUT2D eigenvalue weighted by Crippen LogP contribution is 2.42. The van der Waals surface area contributed by atoms with Crippen LogP contribution in [-0.2, 0) is 15.5 Å². The second kappa shape index (κ2) is 6.04. The van der Waals surface area contributed by atoms with Crippen molar-refractivity contribution in [3.63, 3.8) is 0 Å². The summed E-state index contributed by atoms with van der Waals surface area (Å²) in [6.07, 6.45) is 3.29. The average molecular weight is 244 g/mol. The van der Waals surface area contributed by atoms with Crippen LogP contribution in [0.3, 0.4) is 0 Å². The molecule has 0 heterocycles. The number of phosphoric acid groups is 1. The van der Waals surface area contributed by atoms with Crippen LogP contribution in [0.1, 0.15) is 25.3 Å². The lowest BCUT2D eigenvalue weighted by molar-refractivity contribution is 0.243.